The minimum absolute atomic E-state index is 0.0652. The quantitative estimate of drug-likeness (QED) is 0.697. The van der Waals surface area contributed by atoms with E-state index in [1.54, 1.807) is 20.8 Å². The molecule has 104 valence electrons. The van der Waals surface area contributed by atoms with Crippen molar-refractivity contribution in [2.45, 2.75) is 38.9 Å². The molecule has 1 aliphatic heterocycles. The number of amides is 1. The van der Waals surface area contributed by atoms with Crippen LogP contribution in [0.3, 0.4) is 0 Å². The van der Waals surface area contributed by atoms with Crippen LogP contribution in [-0.2, 0) is 14.3 Å². The van der Waals surface area contributed by atoms with Crippen LogP contribution >= 0.6 is 0 Å². The number of likely N-dealkylation sites (tertiary alicyclic amines) is 1. The third kappa shape index (κ3) is 3.87. The predicted molar refractivity (Wildman–Crippen MR) is 61.7 cm³/mol. The number of nitrogens with zero attached hydrogens (tertiary/aromatic N) is 1. The Labute approximate surface area is 107 Å². The third-order valence-corrected chi connectivity index (χ3v) is 2.81. The van der Waals surface area contributed by atoms with Crippen LogP contribution in [0.25, 0.3) is 0 Å². The van der Waals surface area contributed by atoms with Gasteiger partial charge in [-0.25, -0.2) is 4.79 Å². The summed E-state index contributed by atoms with van der Waals surface area (Å²) in [7, 11) is 1.46. The Hall–Kier alpha value is -1.30. The molecule has 0 aliphatic carbocycles. The van der Waals surface area contributed by atoms with Gasteiger partial charge in [0.05, 0.1) is 6.10 Å². The number of carboxylic acids is 1. The van der Waals surface area contributed by atoms with Crippen LogP contribution in [0.1, 0.15) is 27.2 Å². The zero-order valence-corrected chi connectivity index (χ0v) is 11.3. The number of piperidine rings is 1. The van der Waals surface area contributed by atoms with Crippen molar-refractivity contribution in [1.82, 2.24) is 4.90 Å². The number of rotatable bonds is 2. The molecule has 2 atom stereocenters. The summed E-state index contributed by atoms with van der Waals surface area (Å²) in [6, 6.07) is 0. The Morgan fingerprint density at radius 2 is 1.94 bits per heavy atom. The van der Waals surface area contributed by atoms with Crippen molar-refractivity contribution in [2.24, 2.45) is 5.92 Å². The number of carboxylic acid groups (broad SMARTS) is 1. The van der Waals surface area contributed by atoms with Crippen LogP contribution in [0, 0.1) is 5.92 Å². The molecule has 0 bridgehead atoms. The zero-order valence-electron chi connectivity index (χ0n) is 11.3. The molecule has 6 heteroatoms. The lowest BCUT2D eigenvalue weighted by Crippen LogP contribution is -2.53. The summed E-state index contributed by atoms with van der Waals surface area (Å²) >= 11 is 0. The minimum Gasteiger partial charge on any atom is -0.550 e. The van der Waals surface area contributed by atoms with E-state index in [2.05, 4.69) is 0 Å². The summed E-state index contributed by atoms with van der Waals surface area (Å²) in [5.41, 5.74) is -0.591. The van der Waals surface area contributed by atoms with Crippen molar-refractivity contribution in [1.29, 1.82) is 0 Å². The molecule has 0 radical (unpaired) electrons. The van der Waals surface area contributed by atoms with Crippen molar-refractivity contribution in [3.63, 3.8) is 0 Å². The van der Waals surface area contributed by atoms with Gasteiger partial charge in [-0.15, -0.1) is 0 Å². The van der Waals surface area contributed by atoms with Gasteiger partial charge in [0.2, 0.25) is 0 Å². The van der Waals surface area contributed by atoms with Crippen molar-refractivity contribution in [3.05, 3.63) is 0 Å². The molecular weight excluding hydrogens is 238 g/mol. The fourth-order valence-corrected chi connectivity index (χ4v) is 1.93. The molecule has 6 nitrogen and oxygen atoms in total. The van der Waals surface area contributed by atoms with Crippen molar-refractivity contribution >= 4 is 12.1 Å². The van der Waals surface area contributed by atoms with Crippen LogP contribution in [0.5, 0.6) is 0 Å². The van der Waals surface area contributed by atoms with Crippen molar-refractivity contribution in [3.8, 4) is 0 Å². The van der Waals surface area contributed by atoms with Gasteiger partial charge in [0.25, 0.3) is 0 Å². The molecule has 1 fully saturated rings. The second-order valence-electron chi connectivity index (χ2n) is 5.41. The number of hydrogen-bond donors (Lipinski definition) is 0. The molecular formula is C12H20NO5-. The molecule has 0 aromatic heterocycles. The van der Waals surface area contributed by atoms with Gasteiger partial charge in [-0.3, -0.25) is 0 Å². The monoisotopic (exact) mass is 258 g/mol. The average Bonchev–Trinajstić information content (AvgIpc) is 2.25. The zero-order chi connectivity index (χ0) is 13.9. The predicted octanol–water partition coefficient (Wildman–Crippen LogP) is 0.00830. The first-order valence-corrected chi connectivity index (χ1v) is 5.96. The van der Waals surface area contributed by atoms with Crippen molar-refractivity contribution < 1.29 is 24.2 Å². The Balaban J connectivity index is 2.65. The maximum atomic E-state index is 11.8. The number of methoxy groups -OCH3 is 1. The summed E-state index contributed by atoms with van der Waals surface area (Å²) in [5, 5.41) is 11.0. The summed E-state index contributed by atoms with van der Waals surface area (Å²) < 4.78 is 10.3. The third-order valence-electron chi connectivity index (χ3n) is 2.81. The van der Waals surface area contributed by atoms with Crippen LogP contribution in [0.4, 0.5) is 4.79 Å². The molecule has 0 aromatic rings. The Bertz CT molecular complexity index is 323. The lowest BCUT2D eigenvalue weighted by molar-refractivity contribution is -0.315. The molecule has 1 heterocycles. The van der Waals surface area contributed by atoms with Gasteiger partial charge < -0.3 is 24.3 Å². The first-order valence-electron chi connectivity index (χ1n) is 5.96. The van der Waals surface area contributed by atoms with Crippen LogP contribution in [0.15, 0.2) is 0 Å². The molecule has 1 rings (SSSR count). The number of hydrogen-bond acceptors (Lipinski definition) is 5. The molecule has 0 saturated carbocycles. The lowest BCUT2D eigenvalue weighted by atomic mass is 9.95. The Morgan fingerprint density at radius 3 is 2.39 bits per heavy atom. The largest absolute Gasteiger partial charge is 0.550 e. The van der Waals surface area contributed by atoms with Gasteiger partial charge in [0.1, 0.15) is 5.60 Å². The maximum Gasteiger partial charge on any atom is 0.410 e. The van der Waals surface area contributed by atoms with E-state index in [4.69, 9.17) is 9.47 Å². The topological polar surface area (TPSA) is 78.9 Å². The first-order chi connectivity index (χ1) is 8.24. The summed E-state index contributed by atoms with van der Waals surface area (Å²) in [5.74, 6) is -2.01. The highest BCUT2D eigenvalue weighted by Crippen LogP contribution is 2.21. The fourth-order valence-electron chi connectivity index (χ4n) is 1.93. The molecule has 0 spiro atoms. The van der Waals surface area contributed by atoms with E-state index in [0.29, 0.717) is 13.0 Å². The molecule has 0 N–H and O–H groups in total. The van der Waals surface area contributed by atoms with Crippen LogP contribution in [-0.4, -0.2) is 48.9 Å². The van der Waals surface area contributed by atoms with E-state index in [0.717, 1.165) is 0 Å². The second kappa shape index (κ2) is 5.56. The maximum absolute atomic E-state index is 11.8. The highest BCUT2D eigenvalue weighted by atomic mass is 16.6. The van der Waals surface area contributed by atoms with Gasteiger partial charge >= 0.3 is 6.09 Å². The Morgan fingerprint density at radius 1 is 1.33 bits per heavy atom. The highest BCUT2D eigenvalue weighted by molar-refractivity contribution is 5.72. The van der Waals surface area contributed by atoms with E-state index in [-0.39, 0.29) is 6.54 Å². The molecule has 2 unspecified atom stereocenters. The number of carbonyl (C=O) groups is 2. The minimum atomic E-state index is -1.20. The molecule has 1 amide bonds. The number of aliphatic carboxylic acids is 1. The second-order valence-corrected chi connectivity index (χ2v) is 5.41. The smallest absolute Gasteiger partial charge is 0.410 e. The highest BCUT2D eigenvalue weighted by Gasteiger charge is 2.34. The van der Waals surface area contributed by atoms with Gasteiger partial charge in [-0.1, -0.05) is 0 Å². The van der Waals surface area contributed by atoms with Crippen LogP contribution in [0.2, 0.25) is 0 Å². The Kier molecular flexibility index (Phi) is 4.56. The van der Waals surface area contributed by atoms with Gasteiger partial charge in [-0.05, 0) is 27.2 Å². The number of ether oxygens (including phenoxy) is 2. The first kappa shape index (κ1) is 14.8. The molecule has 18 heavy (non-hydrogen) atoms. The lowest BCUT2D eigenvalue weighted by Gasteiger charge is -2.38. The molecule has 1 aliphatic rings. The molecule has 1 saturated heterocycles. The SMILES string of the molecule is COC1CCN(C(=O)OC(C)(C)C)CC1C(=O)[O-]. The summed E-state index contributed by atoms with van der Waals surface area (Å²) in [6.45, 7) is 5.79. The van der Waals surface area contributed by atoms with E-state index in [9.17, 15) is 14.7 Å². The standard InChI is InChI=1S/C12H21NO5/c1-12(2,3)18-11(16)13-6-5-9(17-4)8(7-13)10(14)15/h8-9H,5-7H2,1-4H3,(H,14,15)/p-1. The van der Waals surface area contributed by atoms with E-state index in [1.165, 1.54) is 12.0 Å². The average molecular weight is 258 g/mol. The number of carbonyl (C=O) groups excluding carboxylic acids is 2. The fraction of sp³-hybridized carbons (Fsp3) is 0.833. The summed E-state index contributed by atoms with van der Waals surface area (Å²) in [6.07, 6.45) is -0.439. The van der Waals surface area contributed by atoms with E-state index >= 15 is 0 Å². The van der Waals surface area contributed by atoms with Gasteiger partial charge in [0.15, 0.2) is 0 Å². The summed E-state index contributed by atoms with van der Waals surface area (Å²) in [4.78, 5) is 24.2. The molecule has 0 aromatic carbocycles. The van der Waals surface area contributed by atoms with E-state index < -0.39 is 29.7 Å². The van der Waals surface area contributed by atoms with Gasteiger partial charge in [0, 0.05) is 32.1 Å². The van der Waals surface area contributed by atoms with Crippen LogP contribution < -0.4 is 5.11 Å². The van der Waals surface area contributed by atoms with E-state index in [1.807, 2.05) is 0 Å². The van der Waals surface area contributed by atoms with Gasteiger partial charge in [-0.2, -0.15) is 0 Å². The van der Waals surface area contributed by atoms with Crippen molar-refractivity contribution in [2.75, 3.05) is 20.2 Å². The normalized spacial score (nSPS) is 24.8.